The van der Waals surface area contributed by atoms with E-state index in [1.165, 1.54) is 25.7 Å². The Morgan fingerprint density at radius 1 is 1.44 bits per heavy atom. The van der Waals surface area contributed by atoms with Crippen molar-refractivity contribution in [3.63, 3.8) is 0 Å². The lowest BCUT2D eigenvalue weighted by Gasteiger charge is -2.40. The molecule has 1 fully saturated rings. The number of aromatic nitrogens is 2. The van der Waals surface area contributed by atoms with Gasteiger partial charge in [-0.25, -0.2) is 4.98 Å². The van der Waals surface area contributed by atoms with Crippen LogP contribution in [-0.2, 0) is 6.54 Å². The second-order valence-electron chi connectivity index (χ2n) is 5.38. The summed E-state index contributed by atoms with van der Waals surface area (Å²) < 4.78 is 2.22. The van der Waals surface area contributed by atoms with Crippen LogP contribution < -0.4 is 5.73 Å². The molecule has 0 saturated heterocycles. The molecular formula is C14H26N4. The van der Waals surface area contributed by atoms with Gasteiger partial charge in [0.2, 0.25) is 0 Å². The third-order valence-corrected chi connectivity index (χ3v) is 4.50. The molecular weight excluding hydrogens is 224 g/mol. The molecule has 0 atom stereocenters. The summed E-state index contributed by atoms with van der Waals surface area (Å²) in [6.07, 6.45) is 9.13. The number of aryl methyl sites for hydroxylation is 1. The number of hydrogen-bond acceptors (Lipinski definition) is 3. The number of hydrogen-bond donors (Lipinski definition) is 1. The van der Waals surface area contributed by atoms with Crippen LogP contribution in [-0.4, -0.2) is 39.6 Å². The summed E-state index contributed by atoms with van der Waals surface area (Å²) in [6.45, 7) is 8.28. The molecule has 2 N–H and O–H groups in total. The minimum absolute atomic E-state index is 0.267. The number of nitrogens with zero attached hydrogens (tertiary/aromatic N) is 3. The van der Waals surface area contributed by atoms with Gasteiger partial charge in [0.15, 0.2) is 0 Å². The molecule has 1 heterocycles. The van der Waals surface area contributed by atoms with Crippen LogP contribution in [0.1, 0.15) is 38.4 Å². The Bertz CT molecular complexity index is 366. The third kappa shape index (κ3) is 2.59. The molecule has 1 aliphatic rings. The van der Waals surface area contributed by atoms with Gasteiger partial charge >= 0.3 is 0 Å². The maximum atomic E-state index is 6.06. The fraction of sp³-hybridized carbons (Fsp3) is 0.786. The molecule has 18 heavy (non-hydrogen) atoms. The minimum atomic E-state index is 0.267. The molecule has 4 heteroatoms. The van der Waals surface area contributed by atoms with Gasteiger partial charge in [-0.3, -0.25) is 4.90 Å². The summed E-state index contributed by atoms with van der Waals surface area (Å²) in [4.78, 5) is 6.86. The fourth-order valence-electron chi connectivity index (χ4n) is 3.28. The zero-order valence-corrected chi connectivity index (χ0v) is 11.7. The molecule has 0 aliphatic heterocycles. The van der Waals surface area contributed by atoms with Crippen molar-refractivity contribution in [2.45, 2.75) is 51.6 Å². The lowest BCUT2D eigenvalue weighted by atomic mass is 9.95. The summed E-state index contributed by atoms with van der Waals surface area (Å²) in [6, 6.07) is 0. The average Bonchev–Trinajstić information content (AvgIpc) is 3.01. The van der Waals surface area contributed by atoms with Crippen LogP contribution in [0.25, 0.3) is 0 Å². The van der Waals surface area contributed by atoms with Crippen molar-refractivity contribution >= 4 is 0 Å². The summed E-state index contributed by atoms with van der Waals surface area (Å²) in [7, 11) is 0. The Kier molecular flexibility index (Phi) is 4.40. The summed E-state index contributed by atoms with van der Waals surface area (Å²) in [5, 5.41) is 0. The molecule has 2 rings (SSSR count). The predicted octanol–water partition coefficient (Wildman–Crippen LogP) is 1.78. The van der Waals surface area contributed by atoms with Crippen molar-refractivity contribution in [2.24, 2.45) is 5.73 Å². The molecule has 1 saturated carbocycles. The maximum absolute atomic E-state index is 6.06. The van der Waals surface area contributed by atoms with Gasteiger partial charge < -0.3 is 10.3 Å². The highest BCUT2D eigenvalue weighted by Gasteiger charge is 2.37. The van der Waals surface area contributed by atoms with Gasteiger partial charge in [0.1, 0.15) is 5.82 Å². The number of imidazole rings is 1. The number of likely N-dealkylation sites (N-methyl/N-ethyl adjacent to an activating group) is 1. The van der Waals surface area contributed by atoms with Crippen LogP contribution in [0.15, 0.2) is 12.4 Å². The van der Waals surface area contributed by atoms with E-state index in [1.807, 2.05) is 6.20 Å². The van der Waals surface area contributed by atoms with Crippen LogP contribution in [0.3, 0.4) is 0 Å². The van der Waals surface area contributed by atoms with Crippen LogP contribution in [0.5, 0.6) is 0 Å². The van der Waals surface area contributed by atoms with Gasteiger partial charge in [0, 0.05) is 37.6 Å². The SMILES string of the molecule is CCN(CCn1ccnc1C)C1(CN)CCCC1. The molecule has 1 aliphatic carbocycles. The minimum Gasteiger partial charge on any atom is -0.334 e. The first-order valence-corrected chi connectivity index (χ1v) is 7.15. The lowest BCUT2D eigenvalue weighted by molar-refractivity contribution is 0.101. The van der Waals surface area contributed by atoms with E-state index in [0.29, 0.717) is 0 Å². The predicted molar refractivity (Wildman–Crippen MR) is 74.5 cm³/mol. The van der Waals surface area contributed by atoms with E-state index in [9.17, 15) is 0 Å². The normalized spacial score (nSPS) is 18.7. The smallest absolute Gasteiger partial charge is 0.105 e. The number of rotatable bonds is 6. The van der Waals surface area contributed by atoms with Gasteiger partial charge in [-0.2, -0.15) is 0 Å². The molecule has 0 aromatic carbocycles. The highest BCUT2D eigenvalue weighted by atomic mass is 15.2. The molecule has 0 spiro atoms. The summed E-state index contributed by atoms with van der Waals surface area (Å²) >= 11 is 0. The summed E-state index contributed by atoms with van der Waals surface area (Å²) in [5.74, 6) is 1.10. The first-order valence-electron chi connectivity index (χ1n) is 7.15. The zero-order valence-electron chi connectivity index (χ0n) is 11.7. The van der Waals surface area contributed by atoms with Crippen molar-refractivity contribution in [3.8, 4) is 0 Å². The monoisotopic (exact) mass is 250 g/mol. The van der Waals surface area contributed by atoms with E-state index in [2.05, 4.69) is 34.5 Å². The molecule has 1 aromatic heterocycles. The van der Waals surface area contributed by atoms with E-state index < -0.39 is 0 Å². The fourth-order valence-corrected chi connectivity index (χ4v) is 3.28. The maximum Gasteiger partial charge on any atom is 0.105 e. The zero-order chi connectivity index (χ0) is 13.0. The largest absolute Gasteiger partial charge is 0.334 e. The van der Waals surface area contributed by atoms with Crippen LogP contribution >= 0.6 is 0 Å². The summed E-state index contributed by atoms with van der Waals surface area (Å²) in [5.41, 5.74) is 6.33. The van der Waals surface area contributed by atoms with Crippen LogP contribution in [0.2, 0.25) is 0 Å². The standard InChI is InChI=1S/C14H26N4/c1-3-18(14(12-15)6-4-5-7-14)11-10-17-9-8-16-13(17)2/h8-9H,3-7,10-12,15H2,1-2H3. The Labute approximate surface area is 110 Å². The second kappa shape index (κ2) is 5.85. The highest BCUT2D eigenvalue weighted by Crippen LogP contribution is 2.34. The van der Waals surface area contributed by atoms with E-state index in [0.717, 1.165) is 32.0 Å². The third-order valence-electron chi connectivity index (χ3n) is 4.50. The van der Waals surface area contributed by atoms with E-state index >= 15 is 0 Å². The Morgan fingerprint density at radius 3 is 2.67 bits per heavy atom. The topological polar surface area (TPSA) is 47.1 Å². The first-order chi connectivity index (χ1) is 8.72. The Balaban J connectivity index is 1.98. The lowest BCUT2D eigenvalue weighted by Crippen LogP contribution is -2.52. The van der Waals surface area contributed by atoms with Crippen molar-refractivity contribution < 1.29 is 0 Å². The molecule has 1 aromatic rings. The molecule has 4 nitrogen and oxygen atoms in total. The van der Waals surface area contributed by atoms with Gasteiger partial charge in [-0.1, -0.05) is 19.8 Å². The Hall–Kier alpha value is -0.870. The molecule has 102 valence electrons. The quantitative estimate of drug-likeness (QED) is 0.837. The molecule has 0 unspecified atom stereocenters. The van der Waals surface area contributed by atoms with Crippen molar-refractivity contribution in [1.82, 2.24) is 14.5 Å². The number of nitrogens with two attached hydrogens (primary N) is 1. The van der Waals surface area contributed by atoms with Gasteiger partial charge in [-0.05, 0) is 26.3 Å². The van der Waals surface area contributed by atoms with E-state index in [1.54, 1.807) is 0 Å². The molecule has 0 radical (unpaired) electrons. The Morgan fingerprint density at radius 2 is 2.17 bits per heavy atom. The molecule has 0 amide bonds. The van der Waals surface area contributed by atoms with Crippen LogP contribution in [0, 0.1) is 6.92 Å². The van der Waals surface area contributed by atoms with Crippen molar-refractivity contribution in [1.29, 1.82) is 0 Å². The second-order valence-corrected chi connectivity index (χ2v) is 5.38. The van der Waals surface area contributed by atoms with E-state index in [4.69, 9.17) is 5.73 Å². The van der Waals surface area contributed by atoms with Gasteiger partial charge in [-0.15, -0.1) is 0 Å². The van der Waals surface area contributed by atoms with Gasteiger partial charge in [0.05, 0.1) is 0 Å². The van der Waals surface area contributed by atoms with Crippen LogP contribution in [0.4, 0.5) is 0 Å². The van der Waals surface area contributed by atoms with E-state index in [-0.39, 0.29) is 5.54 Å². The van der Waals surface area contributed by atoms with Gasteiger partial charge in [0.25, 0.3) is 0 Å². The molecule has 0 bridgehead atoms. The highest BCUT2D eigenvalue weighted by molar-refractivity contribution is 4.96. The first kappa shape index (κ1) is 13.6. The van der Waals surface area contributed by atoms with Crippen molar-refractivity contribution in [2.75, 3.05) is 19.6 Å². The average molecular weight is 250 g/mol. The van der Waals surface area contributed by atoms with Crippen molar-refractivity contribution in [3.05, 3.63) is 18.2 Å².